The van der Waals surface area contributed by atoms with Crippen LogP contribution in [0.2, 0.25) is 0 Å². The Kier molecular flexibility index (Phi) is 4.63. The summed E-state index contributed by atoms with van der Waals surface area (Å²) in [6.07, 6.45) is 1.15. The first-order valence-corrected chi connectivity index (χ1v) is 7.36. The molecule has 0 spiro atoms. The van der Waals surface area contributed by atoms with Crippen LogP contribution >= 0.6 is 0 Å². The molecule has 1 unspecified atom stereocenters. The van der Waals surface area contributed by atoms with Crippen LogP contribution in [-0.4, -0.2) is 28.2 Å². The molecule has 0 saturated carbocycles. The molecular formula is C16H24N4O. The molecule has 1 aromatic carbocycles. The van der Waals surface area contributed by atoms with Gasteiger partial charge in [-0.2, -0.15) is 5.10 Å². The number of nitrogens with zero attached hydrogens (tertiary/aromatic N) is 1. The standard InChI is InChI=1S/C16H24N4O/c1-11(2)9-16(3,10-17)18-15(21)8-14-12-6-4-5-7-13(12)19-20-14/h4-7,11H,8-10,17H2,1-3H3,(H,18,21)(H,19,20). The summed E-state index contributed by atoms with van der Waals surface area (Å²) in [4.78, 5) is 12.3. The first-order chi connectivity index (χ1) is 9.93. The third kappa shape index (κ3) is 3.82. The second-order valence-corrected chi connectivity index (χ2v) is 6.31. The lowest BCUT2D eigenvalue weighted by molar-refractivity contribution is -0.122. The second kappa shape index (κ2) is 6.26. The maximum atomic E-state index is 12.3. The van der Waals surface area contributed by atoms with E-state index in [2.05, 4.69) is 29.4 Å². The van der Waals surface area contributed by atoms with Gasteiger partial charge in [-0.1, -0.05) is 32.0 Å². The maximum absolute atomic E-state index is 12.3. The van der Waals surface area contributed by atoms with Crippen molar-refractivity contribution in [1.82, 2.24) is 15.5 Å². The van der Waals surface area contributed by atoms with Crippen LogP contribution in [0.25, 0.3) is 10.9 Å². The number of hydrogen-bond acceptors (Lipinski definition) is 3. The van der Waals surface area contributed by atoms with Crippen molar-refractivity contribution in [2.24, 2.45) is 11.7 Å². The zero-order valence-corrected chi connectivity index (χ0v) is 12.9. The van der Waals surface area contributed by atoms with E-state index in [1.165, 1.54) is 0 Å². The van der Waals surface area contributed by atoms with Gasteiger partial charge in [0.1, 0.15) is 0 Å². The van der Waals surface area contributed by atoms with Crippen molar-refractivity contribution in [2.75, 3.05) is 6.54 Å². The summed E-state index contributed by atoms with van der Waals surface area (Å²) in [5.74, 6) is 0.449. The number of H-pyrrole nitrogens is 1. The Hall–Kier alpha value is -1.88. The molecule has 0 aliphatic carbocycles. The minimum atomic E-state index is -0.360. The Morgan fingerprint density at radius 2 is 2.14 bits per heavy atom. The number of aromatic nitrogens is 2. The Bertz CT molecular complexity index is 620. The second-order valence-electron chi connectivity index (χ2n) is 6.31. The number of rotatable bonds is 6. The zero-order chi connectivity index (χ0) is 15.5. The van der Waals surface area contributed by atoms with E-state index < -0.39 is 0 Å². The predicted octanol–water partition coefficient (Wildman–Crippen LogP) is 1.99. The van der Waals surface area contributed by atoms with Crippen LogP contribution in [-0.2, 0) is 11.2 Å². The van der Waals surface area contributed by atoms with Crippen LogP contribution in [0, 0.1) is 5.92 Å². The van der Waals surface area contributed by atoms with Gasteiger partial charge < -0.3 is 11.1 Å². The predicted molar refractivity (Wildman–Crippen MR) is 84.9 cm³/mol. The van der Waals surface area contributed by atoms with Crippen molar-refractivity contribution in [1.29, 1.82) is 0 Å². The molecule has 0 aliphatic heterocycles. The van der Waals surface area contributed by atoms with E-state index in [1.54, 1.807) is 0 Å². The molecule has 4 N–H and O–H groups in total. The number of nitrogens with two attached hydrogens (primary N) is 1. The quantitative estimate of drug-likeness (QED) is 0.760. The number of carbonyl (C=O) groups excluding carboxylic acids is 1. The number of benzene rings is 1. The lowest BCUT2D eigenvalue weighted by atomic mass is 9.90. The van der Waals surface area contributed by atoms with Crippen molar-refractivity contribution in [3.63, 3.8) is 0 Å². The molecule has 0 fully saturated rings. The van der Waals surface area contributed by atoms with Gasteiger partial charge in [0.25, 0.3) is 0 Å². The van der Waals surface area contributed by atoms with E-state index in [9.17, 15) is 4.79 Å². The van der Waals surface area contributed by atoms with Crippen LogP contribution in [0.1, 0.15) is 32.9 Å². The number of carbonyl (C=O) groups is 1. The van der Waals surface area contributed by atoms with Gasteiger partial charge in [-0.3, -0.25) is 9.89 Å². The molecule has 5 heteroatoms. The topological polar surface area (TPSA) is 83.8 Å². The number of nitrogens with one attached hydrogen (secondary N) is 2. The summed E-state index contributed by atoms with van der Waals surface area (Å²) in [6, 6.07) is 7.77. The Labute approximate surface area is 125 Å². The number of fused-ring (bicyclic) bond motifs is 1. The van der Waals surface area contributed by atoms with E-state index in [0.717, 1.165) is 23.0 Å². The molecule has 2 aromatic rings. The van der Waals surface area contributed by atoms with E-state index in [1.807, 2.05) is 31.2 Å². The van der Waals surface area contributed by atoms with Crippen molar-refractivity contribution in [3.05, 3.63) is 30.0 Å². The van der Waals surface area contributed by atoms with Crippen molar-refractivity contribution in [2.45, 2.75) is 39.2 Å². The summed E-state index contributed by atoms with van der Waals surface area (Å²) in [5, 5.41) is 11.2. The zero-order valence-electron chi connectivity index (χ0n) is 12.9. The molecule has 0 radical (unpaired) electrons. The highest BCUT2D eigenvalue weighted by atomic mass is 16.1. The summed E-state index contributed by atoms with van der Waals surface area (Å²) in [6.45, 7) is 6.68. The Morgan fingerprint density at radius 3 is 2.81 bits per heavy atom. The first-order valence-electron chi connectivity index (χ1n) is 7.36. The maximum Gasteiger partial charge on any atom is 0.226 e. The molecule has 2 rings (SSSR count). The average molecular weight is 288 g/mol. The smallest absolute Gasteiger partial charge is 0.226 e. The van der Waals surface area contributed by atoms with E-state index in [4.69, 9.17) is 5.73 Å². The largest absolute Gasteiger partial charge is 0.349 e. The van der Waals surface area contributed by atoms with Gasteiger partial charge in [-0.15, -0.1) is 0 Å². The molecule has 5 nitrogen and oxygen atoms in total. The van der Waals surface area contributed by atoms with Gasteiger partial charge in [0.05, 0.1) is 17.6 Å². The molecular weight excluding hydrogens is 264 g/mol. The normalized spacial score (nSPS) is 14.3. The lowest BCUT2D eigenvalue weighted by Gasteiger charge is -2.31. The van der Waals surface area contributed by atoms with Crippen LogP contribution < -0.4 is 11.1 Å². The Balaban J connectivity index is 2.07. The molecule has 0 aliphatic rings. The van der Waals surface area contributed by atoms with E-state index in [-0.39, 0.29) is 17.9 Å². The third-order valence-corrected chi connectivity index (χ3v) is 3.63. The van der Waals surface area contributed by atoms with Crippen LogP contribution in [0.5, 0.6) is 0 Å². The molecule has 1 heterocycles. The molecule has 1 aromatic heterocycles. The van der Waals surface area contributed by atoms with E-state index >= 15 is 0 Å². The minimum Gasteiger partial charge on any atom is -0.349 e. The monoisotopic (exact) mass is 288 g/mol. The fourth-order valence-electron chi connectivity index (χ4n) is 2.78. The summed E-state index contributed by atoms with van der Waals surface area (Å²) in [5.41, 5.74) is 7.19. The number of para-hydroxylation sites is 1. The summed E-state index contributed by atoms with van der Waals surface area (Å²) >= 11 is 0. The molecule has 1 atom stereocenters. The van der Waals surface area contributed by atoms with Gasteiger partial charge in [0.2, 0.25) is 5.91 Å². The number of aromatic amines is 1. The van der Waals surface area contributed by atoms with Crippen molar-refractivity contribution < 1.29 is 4.79 Å². The van der Waals surface area contributed by atoms with Crippen molar-refractivity contribution in [3.8, 4) is 0 Å². The van der Waals surface area contributed by atoms with Crippen molar-refractivity contribution >= 4 is 16.8 Å². The highest BCUT2D eigenvalue weighted by Crippen LogP contribution is 2.18. The lowest BCUT2D eigenvalue weighted by Crippen LogP contribution is -2.52. The molecule has 1 amide bonds. The van der Waals surface area contributed by atoms with Crippen LogP contribution in [0.4, 0.5) is 0 Å². The molecule has 0 bridgehead atoms. The van der Waals surface area contributed by atoms with Crippen LogP contribution in [0.15, 0.2) is 24.3 Å². The van der Waals surface area contributed by atoms with Gasteiger partial charge >= 0.3 is 0 Å². The molecule has 21 heavy (non-hydrogen) atoms. The van der Waals surface area contributed by atoms with E-state index in [0.29, 0.717) is 12.5 Å². The number of amides is 1. The minimum absolute atomic E-state index is 0.0296. The summed E-state index contributed by atoms with van der Waals surface area (Å²) in [7, 11) is 0. The first kappa shape index (κ1) is 15.5. The fraction of sp³-hybridized carbons (Fsp3) is 0.500. The summed E-state index contributed by atoms with van der Waals surface area (Å²) < 4.78 is 0. The average Bonchev–Trinajstić information content (AvgIpc) is 2.81. The van der Waals surface area contributed by atoms with Gasteiger partial charge in [0.15, 0.2) is 0 Å². The van der Waals surface area contributed by atoms with Crippen LogP contribution in [0.3, 0.4) is 0 Å². The number of hydrogen-bond donors (Lipinski definition) is 3. The van der Waals surface area contributed by atoms with Gasteiger partial charge in [-0.05, 0) is 25.3 Å². The SMILES string of the molecule is CC(C)CC(C)(CN)NC(=O)Cc1[nH]nc2ccccc12. The molecule has 114 valence electrons. The highest BCUT2D eigenvalue weighted by molar-refractivity contribution is 5.87. The van der Waals surface area contributed by atoms with Gasteiger partial charge in [-0.25, -0.2) is 0 Å². The third-order valence-electron chi connectivity index (χ3n) is 3.63. The molecule has 0 saturated heterocycles. The van der Waals surface area contributed by atoms with Gasteiger partial charge in [0, 0.05) is 17.5 Å². The Morgan fingerprint density at radius 1 is 1.43 bits per heavy atom. The fourth-order valence-corrected chi connectivity index (χ4v) is 2.78. The highest BCUT2D eigenvalue weighted by Gasteiger charge is 2.26.